The predicted octanol–water partition coefficient (Wildman–Crippen LogP) is 1.54. The van der Waals surface area contributed by atoms with Gasteiger partial charge >= 0.3 is 0 Å². The first-order chi connectivity index (χ1) is 8.17. The summed E-state index contributed by atoms with van der Waals surface area (Å²) >= 11 is 5.81. The first-order valence-electron chi connectivity index (χ1n) is 5.30. The standard InChI is InChI=1S/C11H16ClN3O2/c1-13-10-7-8(6-9(12)15-10)11(16)14-4-3-5-17-2/h6-7H,3-5H2,1-2H3,(H,13,15)(H,14,16). The van der Waals surface area contributed by atoms with Gasteiger partial charge in [-0.25, -0.2) is 4.98 Å². The van der Waals surface area contributed by atoms with Crippen LogP contribution in [0, 0.1) is 0 Å². The number of carbonyl (C=O) groups excluding carboxylic acids is 1. The molecule has 0 fully saturated rings. The van der Waals surface area contributed by atoms with Crippen molar-refractivity contribution in [2.75, 3.05) is 32.6 Å². The van der Waals surface area contributed by atoms with Gasteiger partial charge in [-0.15, -0.1) is 0 Å². The van der Waals surface area contributed by atoms with E-state index in [9.17, 15) is 4.79 Å². The van der Waals surface area contributed by atoms with Crippen molar-refractivity contribution in [1.29, 1.82) is 0 Å². The molecule has 0 aliphatic rings. The number of amides is 1. The fourth-order valence-corrected chi connectivity index (χ4v) is 1.49. The molecule has 2 N–H and O–H groups in total. The van der Waals surface area contributed by atoms with E-state index >= 15 is 0 Å². The molecule has 17 heavy (non-hydrogen) atoms. The number of aromatic nitrogens is 1. The fourth-order valence-electron chi connectivity index (χ4n) is 1.28. The molecule has 0 aliphatic heterocycles. The number of rotatable bonds is 6. The molecule has 0 atom stereocenters. The van der Waals surface area contributed by atoms with Crippen LogP contribution in [0.25, 0.3) is 0 Å². The predicted molar refractivity (Wildman–Crippen MR) is 67.6 cm³/mol. The van der Waals surface area contributed by atoms with Crippen molar-refractivity contribution >= 4 is 23.3 Å². The van der Waals surface area contributed by atoms with E-state index in [1.807, 2.05) is 0 Å². The molecule has 0 radical (unpaired) electrons. The highest BCUT2D eigenvalue weighted by Crippen LogP contribution is 2.13. The van der Waals surface area contributed by atoms with Crippen molar-refractivity contribution in [3.63, 3.8) is 0 Å². The van der Waals surface area contributed by atoms with Crippen LogP contribution >= 0.6 is 11.6 Å². The van der Waals surface area contributed by atoms with E-state index in [4.69, 9.17) is 16.3 Å². The molecule has 1 aromatic heterocycles. The summed E-state index contributed by atoms with van der Waals surface area (Å²) < 4.78 is 4.89. The average Bonchev–Trinajstić information content (AvgIpc) is 2.33. The summed E-state index contributed by atoms with van der Waals surface area (Å²) in [5.74, 6) is 0.404. The van der Waals surface area contributed by atoms with Crippen LogP contribution in [0.1, 0.15) is 16.8 Å². The lowest BCUT2D eigenvalue weighted by Gasteiger charge is -2.07. The molecule has 0 spiro atoms. The summed E-state index contributed by atoms with van der Waals surface area (Å²) in [5.41, 5.74) is 0.492. The first-order valence-corrected chi connectivity index (χ1v) is 5.67. The summed E-state index contributed by atoms with van der Waals surface area (Å²) in [4.78, 5) is 15.8. The van der Waals surface area contributed by atoms with Gasteiger partial charge in [0.1, 0.15) is 11.0 Å². The lowest BCUT2D eigenvalue weighted by molar-refractivity contribution is 0.0948. The van der Waals surface area contributed by atoms with Crippen LogP contribution in [0.5, 0.6) is 0 Å². The maximum absolute atomic E-state index is 11.8. The molecule has 0 bridgehead atoms. The van der Waals surface area contributed by atoms with Gasteiger partial charge < -0.3 is 15.4 Å². The Balaban J connectivity index is 2.59. The molecule has 0 saturated carbocycles. The van der Waals surface area contributed by atoms with Gasteiger partial charge in [0.25, 0.3) is 5.91 Å². The molecule has 94 valence electrons. The van der Waals surface area contributed by atoms with Crippen LogP contribution < -0.4 is 10.6 Å². The number of nitrogens with one attached hydrogen (secondary N) is 2. The van der Waals surface area contributed by atoms with E-state index < -0.39 is 0 Å². The van der Waals surface area contributed by atoms with Gasteiger partial charge in [0.2, 0.25) is 0 Å². The molecular formula is C11H16ClN3O2. The topological polar surface area (TPSA) is 63.2 Å². The minimum atomic E-state index is -0.165. The number of methoxy groups -OCH3 is 1. The van der Waals surface area contributed by atoms with Crippen molar-refractivity contribution in [3.8, 4) is 0 Å². The normalized spacial score (nSPS) is 10.1. The number of ether oxygens (including phenoxy) is 1. The van der Waals surface area contributed by atoms with E-state index in [1.54, 1.807) is 20.2 Å². The van der Waals surface area contributed by atoms with Gasteiger partial charge in [-0.05, 0) is 18.6 Å². The molecule has 6 heteroatoms. The van der Waals surface area contributed by atoms with Gasteiger partial charge in [-0.3, -0.25) is 4.79 Å². The van der Waals surface area contributed by atoms with E-state index in [1.165, 1.54) is 6.07 Å². The van der Waals surface area contributed by atoms with Crippen molar-refractivity contribution in [1.82, 2.24) is 10.3 Å². The lowest BCUT2D eigenvalue weighted by Crippen LogP contribution is -2.25. The van der Waals surface area contributed by atoms with E-state index in [0.717, 1.165) is 6.42 Å². The number of carbonyl (C=O) groups is 1. The van der Waals surface area contributed by atoms with Gasteiger partial charge in [-0.2, -0.15) is 0 Å². The van der Waals surface area contributed by atoms with Crippen molar-refractivity contribution in [3.05, 3.63) is 22.8 Å². The summed E-state index contributed by atoms with van der Waals surface area (Å²) in [7, 11) is 3.35. The van der Waals surface area contributed by atoms with Crippen LogP contribution in [-0.2, 0) is 4.74 Å². The van der Waals surface area contributed by atoms with Gasteiger partial charge in [-0.1, -0.05) is 11.6 Å². The second kappa shape index (κ2) is 7.09. The number of halogens is 1. The SMILES string of the molecule is CNc1cc(C(=O)NCCCOC)cc(Cl)n1. The third kappa shape index (κ3) is 4.58. The van der Waals surface area contributed by atoms with Gasteiger partial charge in [0.15, 0.2) is 0 Å². The third-order valence-corrected chi connectivity index (χ3v) is 2.32. The van der Waals surface area contributed by atoms with Gasteiger partial charge in [0.05, 0.1) is 0 Å². The zero-order valence-electron chi connectivity index (χ0n) is 9.92. The third-order valence-electron chi connectivity index (χ3n) is 2.12. The Hall–Kier alpha value is -1.33. The summed E-state index contributed by atoms with van der Waals surface area (Å²) in [6.07, 6.45) is 0.778. The Kier molecular flexibility index (Phi) is 5.72. The smallest absolute Gasteiger partial charge is 0.251 e. The highest BCUT2D eigenvalue weighted by molar-refractivity contribution is 6.29. The van der Waals surface area contributed by atoms with Crippen molar-refractivity contribution in [2.24, 2.45) is 0 Å². The quantitative estimate of drug-likeness (QED) is 0.600. The monoisotopic (exact) mass is 257 g/mol. The first kappa shape index (κ1) is 13.7. The summed E-state index contributed by atoms with van der Waals surface area (Å²) in [6, 6.07) is 3.19. The number of hydrogen-bond donors (Lipinski definition) is 2. The molecule has 1 heterocycles. The average molecular weight is 258 g/mol. The molecule has 5 nitrogen and oxygen atoms in total. The lowest BCUT2D eigenvalue weighted by atomic mass is 10.2. The van der Waals surface area contributed by atoms with Crippen LogP contribution in [0.2, 0.25) is 5.15 Å². The highest BCUT2D eigenvalue weighted by atomic mass is 35.5. The molecule has 1 rings (SSSR count). The van der Waals surface area contributed by atoms with E-state index in [2.05, 4.69) is 15.6 Å². The summed E-state index contributed by atoms with van der Waals surface area (Å²) in [6.45, 7) is 1.20. The second-order valence-electron chi connectivity index (χ2n) is 3.42. The van der Waals surface area contributed by atoms with E-state index in [-0.39, 0.29) is 5.91 Å². The Labute approximate surface area is 106 Å². The molecule has 0 aliphatic carbocycles. The maximum atomic E-state index is 11.8. The molecule has 1 aromatic rings. The van der Waals surface area contributed by atoms with Crippen LogP contribution in [0.3, 0.4) is 0 Å². The van der Waals surface area contributed by atoms with E-state index in [0.29, 0.717) is 29.7 Å². The zero-order valence-corrected chi connectivity index (χ0v) is 10.7. The minimum absolute atomic E-state index is 0.165. The van der Waals surface area contributed by atoms with Crippen molar-refractivity contribution in [2.45, 2.75) is 6.42 Å². The second-order valence-corrected chi connectivity index (χ2v) is 3.80. The maximum Gasteiger partial charge on any atom is 0.251 e. The van der Waals surface area contributed by atoms with Crippen LogP contribution in [-0.4, -0.2) is 38.2 Å². The number of nitrogens with zero attached hydrogens (tertiary/aromatic N) is 1. The number of hydrogen-bond acceptors (Lipinski definition) is 4. The Morgan fingerprint density at radius 3 is 2.94 bits per heavy atom. The molecule has 0 aromatic carbocycles. The van der Waals surface area contributed by atoms with Crippen molar-refractivity contribution < 1.29 is 9.53 Å². The zero-order chi connectivity index (χ0) is 12.7. The highest BCUT2D eigenvalue weighted by Gasteiger charge is 2.08. The minimum Gasteiger partial charge on any atom is -0.385 e. The van der Waals surface area contributed by atoms with Crippen LogP contribution in [0.15, 0.2) is 12.1 Å². The summed E-state index contributed by atoms with van der Waals surface area (Å²) in [5, 5.41) is 5.91. The number of pyridine rings is 1. The molecule has 0 unspecified atom stereocenters. The van der Waals surface area contributed by atoms with Gasteiger partial charge in [0, 0.05) is 32.9 Å². The Morgan fingerprint density at radius 2 is 2.29 bits per heavy atom. The Bertz CT molecular complexity index is 385. The fraction of sp³-hybridized carbons (Fsp3) is 0.455. The van der Waals surface area contributed by atoms with Crippen LogP contribution in [0.4, 0.5) is 5.82 Å². The molecule has 0 saturated heterocycles. The molecule has 1 amide bonds. The Morgan fingerprint density at radius 1 is 1.53 bits per heavy atom. The molecular weight excluding hydrogens is 242 g/mol. The largest absolute Gasteiger partial charge is 0.385 e. The number of anilines is 1.